The van der Waals surface area contributed by atoms with E-state index >= 15 is 0 Å². The summed E-state index contributed by atoms with van der Waals surface area (Å²) in [5.74, 6) is -1.43. The molecule has 3 rings (SSSR count). The fourth-order valence-corrected chi connectivity index (χ4v) is 2.32. The van der Waals surface area contributed by atoms with Crippen LogP contribution in [0.2, 0.25) is 10.0 Å². The molecule has 0 unspecified atom stereocenters. The zero-order valence-electron chi connectivity index (χ0n) is 12.6. The lowest BCUT2D eigenvalue weighted by atomic mass is 10.3. The van der Waals surface area contributed by atoms with E-state index in [1.165, 1.54) is 30.5 Å². The molecule has 0 amide bonds. The number of rotatable bonds is 3. The fraction of sp³-hybridized carbons (Fsp3) is 0.0625. The molecule has 134 valence electrons. The molecule has 1 N–H and O–H groups in total. The number of aromatic nitrogens is 3. The molecule has 0 saturated heterocycles. The van der Waals surface area contributed by atoms with E-state index in [9.17, 15) is 18.0 Å². The normalized spacial score (nSPS) is 11.4. The van der Waals surface area contributed by atoms with E-state index in [0.717, 1.165) is 0 Å². The SMILES string of the molecule is O=c1[nH]c(-c2ccccn2)nc(C(F)(F)F)c1Oc1ccc(Cl)c(Cl)c1. The van der Waals surface area contributed by atoms with Crippen molar-refractivity contribution in [3.63, 3.8) is 0 Å². The van der Waals surface area contributed by atoms with Crippen molar-refractivity contribution in [2.24, 2.45) is 0 Å². The van der Waals surface area contributed by atoms with E-state index in [0.29, 0.717) is 0 Å². The van der Waals surface area contributed by atoms with Gasteiger partial charge in [0, 0.05) is 12.3 Å². The molecule has 0 aliphatic heterocycles. The molecule has 2 heterocycles. The van der Waals surface area contributed by atoms with Gasteiger partial charge in [-0.05, 0) is 24.3 Å². The molecule has 0 fully saturated rings. The van der Waals surface area contributed by atoms with Gasteiger partial charge in [0.05, 0.1) is 10.0 Å². The Kier molecular flexibility index (Phi) is 4.88. The number of nitrogens with one attached hydrogen (secondary N) is 1. The van der Waals surface area contributed by atoms with Crippen molar-refractivity contribution in [3.8, 4) is 23.0 Å². The Balaban J connectivity index is 2.12. The maximum atomic E-state index is 13.4. The number of halogens is 5. The number of pyridine rings is 1. The molecular formula is C16H8Cl2F3N3O2. The molecule has 0 saturated carbocycles. The summed E-state index contributed by atoms with van der Waals surface area (Å²) in [6.45, 7) is 0. The second-order valence-electron chi connectivity index (χ2n) is 4.98. The van der Waals surface area contributed by atoms with Gasteiger partial charge in [0.25, 0.3) is 5.56 Å². The molecule has 2 aromatic heterocycles. The van der Waals surface area contributed by atoms with E-state index in [-0.39, 0.29) is 27.3 Å². The van der Waals surface area contributed by atoms with Gasteiger partial charge in [-0.2, -0.15) is 13.2 Å². The Morgan fingerprint density at radius 3 is 2.46 bits per heavy atom. The third-order valence-corrected chi connectivity index (χ3v) is 3.90. The number of benzene rings is 1. The molecule has 0 radical (unpaired) electrons. The van der Waals surface area contributed by atoms with Gasteiger partial charge >= 0.3 is 6.18 Å². The first-order valence-electron chi connectivity index (χ1n) is 7.01. The molecule has 26 heavy (non-hydrogen) atoms. The minimum absolute atomic E-state index is 0.0622. The van der Waals surface area contributed by atoms with Crippen LogP contribution in [0.15, 0.2) is 47.4 Å². The van der Waals surface area contributed by atoms with Crippen LogP contribution < -0.4 is 10.3 Å². The van der Waals surface area contributed by atoms with Crippen LogP contribution in [0.3, 0.4) is 0 Å². The third-order valence-electron chi connectivity index (χ3n) is 3.16. The average Bonchev–Trinajstić information content (AvgIpc) is 2.59. The Morgan fingerprint density at radius 1 is 1.08 bits per heavy atom. The number of ether oxygens (including phenoxy) is 1. The van der Waals surface area contributed by atoms with E-state index in [1.807, 2.05) is 0 Å². The Bertz CT molecular complexity index is 1010. The van der Waals surface area contributed by atoms with Crippen LogP contribution in [-0.2, 0) is 6.18 Å². The van der Waals surface area contributed by atoms with Crippen molar-refractivity contribution in [2.45, 2.75) is 6.18 Å². The van der Waals surface area contributed by atoms with E-state index < -0.39 is 23.2 Å². The van der Waals surface area contributed by atoms with Gasteiger partial charge in [0.2, 0.25) is 5.75 Å². The van der Waals surface area contributed by atoms with Crippen LogP contribution in [0.25, 0.3) is 11.5 Å². The summed E-state index contributed by atoms with van der Waals surface area (Å²) in [6.07, 6.45) is -3.56. The van der Waals surface area contributed by atoms with Crippen LogP contribution in [-0.4, -0.2) is 15.0 Å². The lowest BCUT2D eigenvalue weighted by Crippen LogP contribution is -2.21. The van der Waals surface area contributed by atoms with Crippen LogP contribution in [0.5, 0.6) is 11.5 Å². The van der Waals surface area contributed by atoms with E-state index in [2.05, 4.69) is 15.0 Å². The minimum Gasteiger partial charge on any atom is -0.449 e. The minimum atomic E-state index is -4.93. The van der Waals surface area contributed by atoms with Crippen molar-refractivity contribution >= 4 is 23.2 Å². The molecule has 0 spiro atoms. The fourth-order valence-electron chi connectivity index (χ4n) is 2.03. The highest BCUT2D eigenvalue weighted by molar-refractivity contribution is 6.42. The first kappa shape index (κ1) is 18.2. The van der Waals surface area contributed by atoms with Crippen molar-refractivity contribution < 1.29 is 17.9 Å². The number of alkyl halides is 3. The second-order valence-corrected chi connectivity index (χ2v) is 5.80. The van der Waals surface area contributed by atoms with Gasteiger partial charge in [0.15, 0.2) is 11.5 Å². The molecule has 0 aliphatic rings. The van der Waals surface area contributed by atoms with Crippen LogP contribution >= 0.6 is 23.2 Å². The average molecular weight is 402 g/mol. The van der Waals surface area contributed by atoms with Gasteiger partial charge < -0.3 is 9.72 Å². The van der Waals surface area contributed by atoms with Crippen LogP contribution in [0.4, 0.5) is 13.2 Å². The molecule has 0 atom stereocenters. The number of nitrogens with zero attached hydrogens (tertiary/aromatic N) is 2. The van der Waals surface area contributed by atoms with Gasteiger partial charge in [-0.1, -0.05) is 29.3 Å². The standard InChI is InChI=1S/C16H8Cl2F3N3O2/c17-9-5-4-8(7-10(9)18)26-12-13(16(19,20)21)23-14(24-15(12)25)11-3-1-2-6-22-11/h1-7H,(H,23,24,25). The predicted octanol–water partition coefficient (Wildman–Crippen LogP) is 4.95. The highest BCUT2D eigenvalue weighted by Gasteiger charge is 2.39. The third kappa shape index (κ3) is 3.81. The second kappa shape index (κ2) is 6.97. The monoisotopic (exact) mass is 401 g/mol. The van der Waals surface area contributed by atoms with Gasteiger partial charge in [-0.15, -0.1) is 0 Å². The maximum Gasteiger partial charge on any atom is 0.437 e. The highest BCUT2D eigenvalue weighted by atomic mass is 35.5. The van der Waals surface area contributed by atoms with Crippen LogP contribution in [0, 0.1) is 0 Å². The van der Waals surface area contributed by atoms with Crippen LogP contribution in [0.1, 0.15) is 5.69 Å². The first-order valence-corrected chi connectivity index (χ1v) is 7.77. The smallest absolute Gasteiger partial charge is 0.437 e. The lowest BCUT2D eigenvalue weighted by molar-refractivity contribution is -0.142. The summed E-state index contributed by atoms with van der Waals surface area (Å²) in [5, 5.41) is 0.250. The van der Waals surface area contributed by atoms with Crippen molar-refractivity contribution in [1.82, 2.24) is 15.0 Å². The van der Waals surface area contributed by atoms with E-state index in [4.69, 9.17) is 27.9 Å². The zero-order chi connectivity index (χ0) is 18.9. The maximum absolute atomic E-state index is 13.4. The summed E-state index contributed by atoms with van der Waals surface area (Å²) < 4.78 is 45.3. The highest BCUT2D eigenvalue weighted by Crippen LogP contribution is 2.36. The number of aromatic amines is 1. The summed E-state index contributed by atoms with van der Waals surface area (Å²) in [4.78, 5) is 21.8. The van der Waals surface area contributed by atoms with Gasteiger partial charge in [-0.25, -0.2) is 4.98 Å². The molecule has 0 bridgehead atoms. The molecule has 3 aromatic rings. The summed E-state index contributed by atoms with van der Waals surface area (Å²) >= 11 is 11.6. The largest absolute Gasteiger partial charge is 0.449 e. The quantitative estimate of drug-likeness (QED) is 0.673. The molecular weight excluding hydrogens is 394 g/mol. The topological polar surface area (TPSA) is 67.9 Å². The van der Waals surface area contributed by atoms with E-state index in [1.54, 1.807) is 12.1 Å². The van der Waals surface area contributed by atoms with Gasteiger partial charge in [0.1, 0.15) is 11.4 Å². The first-order chi connectivity index (χ1) is 12.3. The summed E-state index contributed by atoms with van der Waals surface area (Å²) in [7, 11) is 0. The predicted molar refractivity (Wildman–Crippen MR) is 89.6 cm³/mol. The van der Waals surface area contributed by atoms with Crippen molar-refractivity contribution in [2.75, 3.05) is 0 Å². The summed E-state index contributed by atoms with van der Waals surface area (Å²) in [6, 6.07) is 8.34. The Hall–Kier alpha value is -2.58. The summed E-state index contributed by atoms with van der Waals surface area (Å²) in [5.41, 5.74) is -2.51. The molecule has 0 aliphatic carbocycles. The van der Waals surface area contributed by atoms with Crippen molar-refractivity contribution in [1.29, 1.82) is 0 Å². The van der Waals surface area contributed by atoms with Crippen molar-refractivity contribution in [3.05, 3.63) is 68.7 Å². The number of hydrogen-bond donors (Lipinski definition) is 1. The molecule has 10 heteroatoms. The van der Waals surface area contributed by atoms with Gasteiger partial charge in [-0.3, -0.25) is 9.78 Å². The number of H-pyrrole nitrogens is 1. The Labute approximate surface area is 154 Å². The molecule has 5 nitrogen and oxygen atoms in total. The Morgan fingerprint density at radius 2 is 1.85 bits per heavy atom. The number of hydrogen-bond acceptors (Lipinski definition) is 4. The lowest BCUT2D eigenvalue weighted by Gasteiger charge is -2.13. The zero-order valence-corrected chi connectivity index (χ0v) is 14.2. The molecule has 1 aromatic carbocycles.